The highest BCUT2D eigenvalue weighted by molar-refractivity contribution is 7.89. The Labute approximate surface area is 123 Å². The molecule has 2 N–H and O–H groups in total. The molecule has 118 valence electrons. The van der Waals surface area contributed by atoms with Crippen molar-refractivity contribution in [1.82, 2.24) is 8.87 Å². The summed E-state index contributed by atoms with van der Waals surface area (Å²) in [7, 11) is -3.76. The minimum atomic E-state index is -3.76. The summed E-state index contributed by atoms with van der Waals surface area (Å²) in [5.74, 6) is -1.21. The van der Waals surface area contributed by atoms with Gasteiger partial charge >= 0.3 is 5.97 Å². The zero-order valence-electron chi connectivity index (χ0n) is 12.3. The number of sulfonamides is 1. The molecule has 7 nitrogen and oxygen atoms in total. The highest BCUT2D eigenvalue weighted by atomic mass is 32.2. The molecular weight excluding hydrogens is 296 g/mol. The number of hydrogen-bond donors (Lipinski definition) is 2. The molecule has 0 unspecified atom stereocenters. The molecule has 0 saturated carbocycles. The molecule has 0 radical (unpaired) electrons. The Morgan fingerprint density at radius 3 is 2.38 bits per heavy atom. The molecule has 0 bridgehead atoms. The lowest BCUT2D eigenvalue weighted by atomic mass is 9.85. The molecule has 0 atom stereocenters. The summed E-state index contributed by atoms with van der Waals surface area (Å²) >= 11 is 0. The summed E-state index contributed by atoms with van der Waals surface area (Å²) in [5, 5.41) is 19.2. The van der Waals surface area contributed by atoms with E-state index in [1.165, 1.54) is 15.1 Å². The minimum absolute atomic E-state index is 0.0344. The van der Waals surface area contributed by atoms with Crippen LogP contribution in [0.1, 0.15) is 31.3 Å². The van der Waals surface area contributed by atoms with Crippen LogP contribution in [0.25, 0.3) is 0 Å². The van der Waals surface area contributed by atoms with Crippen LogP contribution in [0.3, 0.4) is 0 Å². The van der Waals surface area contributed by atoms with Crippen molar-refractivity contribution in [1.29, 1.82) is 0 Å². The van der Waals surface area contributed by atoms with Gasteiger partial charge in [0.25, 0.3) is 0 Å². The number of aryl methyl sites for hydroxylation is 1. The molecule has 2 heterocycles. The molecule has 1 aliphatic heterocycles. The maximum Gasteiger partial charge on any atom is 0.352 e. The Balaban J connectivity index is 2.28. The van der Waals surface area contributed by atoms with E-state index < -0.39 is 21.6 Å². The molecule has 1 aromatic rings. The number of β-amino-alcohol motifs (C(OH)–C–C–N with tert-alkyl or cyclic N) is 1. The van der Waals surface area contributed by atoms with Gasteiger partial charge in [0.05, 0.1) is 5.60 Å². The SMILES string of the molecule is CCn1cc(S(=O)(=O)N2CC(O)(C(C)C)C2)cc1C(=O)O. The van der Waals surface area contributed by atoms with Gasteiger partial charge in [-0.15, -0.1) is 0 Å². The molecule has 0 aromatic carbocycles. The van der Waals surface area contributed by atoms with E-state index in [1.807, 2.05) is 13.8 Å². The van der Waals surface area contributed by atoms with E-state index in [-0.39, 0.29) is 29.6 Å². The van der Waals surface area contributed by atoms with E-state index in [0.29, 0.717) is 6.54 Å². The smallest absolute Gasteiger partial charge is 0.352 e. The van der Waals surface area contributed by atoms with E-state index in [0.717, 1.165) is 6.07 Å². The van der Waals surface area contributed by atoms with Crippen molar-refractivity contribution in [3.8, 4) is 0 Å². The van der Waals surface area contributed by atoms with Crippen LogP contribution in [-0.2, 0) is 16.6 Å². The number of hydrogen-bond acceptors (Lipinski definition) is 4. The number of aromatic nitrogens is 1. The van der Waals surface area contributed by atoms with Crippen molar-refractivity contribution in [2.75, 3.05) is 13.1 Å². The quantitative estimate of drug-likeness (QED) is 0.828. The van der Waals surface area contributed by atoms with Gasteiger partial charge in [-0.3, -0.25) is 0 Å². The second-order valence-corrected chi connectivity index (χ2v) is 7.62. The summed E-state index contributed by atoms with van der Waals surface area (Å²) in [6.45, 7) is 5.84. The summed E-state index contributed by atoms with van der Waals surface area (Å²) in [4.78, 5) is 11.0. The number of aliphatic hydroxyl groups is 1. The first-order valence-corrected chi connectivity index (χ1v) is 8.22. The Bertz CT molecular complexity index is 656. The summed E-state index contributed by atoms with van der Waals surface area (Å²) in [6.07, 6.45) is 1.32. The van der Waals surface area contributed by atoms with Crippen LogP contribution in [0.5, 0.6) is 0 Å². The fraction of sp³-hybridized carbons (Fsp3) is 0.615. The summed E-state index contributed by atoms with van der Waals surface area (Å²) in [5.41, 5.74) is -1.06. The number of nitrogens with zero attached hydrogens (tertiary/aromatic N) is 2. The van der Waals surface area contributed by atoms with Crippen LogP contribution in [0, 0.1) is 5.92 Å². The standard InChI is InChI=1S/C13H20N2O5S/c1-4-14-6-10(5-11(14)12(16)17)21(19,20)15-7-13(18,8-15)9(2)3/h5-6,9,18H,4,7-8H2,1-3H3,(H,16,17). The zero-order valence-corrected chi connectivity index (χ0v) is 13.1. The first kappa shape index (κ1) is 16.0. The maximum absolute atomic E-state index is 12.4. The second kappa shape index (κ2) is 5.11. The first-order chi connectivity index (χ1) is 9.61. The molecule has 1 saturated heterocycles. The number of rotatable bonds is 5. The van der Waals surface area contributed by atoms with E-state index >= 15 is 0 Å². The Hall–Kier alpha value is -1.38. The van der Waals surface area contributed by atoms with Crippen molar-refractivity contribution < 1.29 is 23.4 Å². The average molecular weight is 316 g/mol. The van der Waals surface area contributed by atoms with Crippen molar-refractivity contribution >= 4 is 16.0 Å². The molecule has 1 fully saturated rings. The van der Waals surface area contributed by atoms with E-state index in [9.17, 15) is 18.3 Å². The van der Waals surface area contributed by atoms with Crippen LogP contribution in [-0.4, -0.2) is 52.2 Å². The maximum atomic E-state index is 12.4. The van der Waals surface area contributed by atoms with Crippen LogP contribution < -0.4 is 0 Å². The van der Waals surface area contributed by atoms with Crippen LogP contribution in [0.4, 0.5) is 0 Å². The fourth-order valence-corrected chi connectivity index (χ4v) is 3.92. The van der Waals surface area contributed by atoms with E-state index in [1.54, 1.807) is 6.92 Å². The predicted octanol–water partition coefficient (Wildman–Crippen LogP) is 0.598. The van der Waals surface area contributed by atoms with Gasteiger partial charge in [0.15, 0.2) is 0 Å². The molecule has 1 aromatic heterocycles. The molecular formula is C13H20N2O5S. The Morgan fingerprint density at radius 1 is 1.43 bits per heavy atom. The first-order valence-electron chi connectivity index (χ1n) is 6.78. The van der Waals surface area contributed by atoms with Crippen LogP contribution in [0.2, 0.25) is 0 Å². The number of aromatic carboxylic acids is 1. The minimum Gasteiger partial charge on any atom is -0.477 e. The molecule has 21 heavy (non-hydrogen) atoms. The second-order valence-electron chi connectivity index (χ2n) is 5.68. The molecule has 1 aliphatic rings. The van der Waals surface area contributed by atoms with Gasteiger partial charge in [0, 0.05) is 25.8 Å². The third-order valence-electron chi connectivity index (χ3n) is 4.04. The van der Waals surface area contributed by atoms with E-state index in [2.05, 4.69) is 0 Å². The van der Waals surface area contributed by atoms with Gasteiger partial charge in [0.2, 0.25) is 10.0 Å². The lowest BCUT2D eigenvalue weighted by Gasteiger charge is -2.47. The predicted molar refractivity (Wildman–Crippen MR) is 75.6 cm³/mol. The van der Waals surface area contributed by atoms with Gasteiger partial charge in [-0.1, -0.05) is 13.8 Å². The van der Waals surface area contributed by atoms with Crippen molar-refractivity contribution in [2.45, 2.75) is 37.8 Å². The molecule has 8 heteroatoms. The third kappa shape index (κ3) is 2.58. The molecule has 2 rings (SSSR count). The van der Waals surface area contributed by atoms with Crippen LogP contribution in [0.15, 0.2) is 17.2 Å². The van der Waals surface area contributed by atoms with Gasteiger partial charge < -0.3 is 14.8 Å². The molecule has 0 spiro atoms. The molecule has 0 aliphatic carbocycles. The van der Waals surface area contributed by atoms with Gasteiger partial charge in [-0.05, 0) is 18.9 Å². The van der Waals surface area contributed by atoms with Crippen molar-refractivity contribution in [2.24, 2.45) is 5.92 Å². The lowest BCUT2D eigenvalue weighted by Crippen LogP contribution is -2.65. The van der Waals surface area contributed by atoms with Gasteiger partial charge in [0.1, 0.15) is 10.6 Å². The Kier molecular flexibility index (Phi) is 3.90. The summed E-state index contributed by atoms with van der Waals surface area (Å²) in [6, 6.07) is 1.16. The normalized spacial score (nSPS) is 18.7. The topological polar surface area (TPSA) is 99.8 Å². The van der Waals surface area contributed by atoms with Crippen LogP contribution >= 0.6 is 0 Å². The van der Waals surface area contributed by atoms with Crippen molar-refractivity contribution in [3.05, 3.63) is 18.0 Å². The fourth-order valence-electron chi connectivity index (χ4n) is 2.31. The summed E-state index contributed by atoms with van der Waals surface area (Å²) < 4.78 is 27.4. The highest BCUT2D eigenvalue weighted by Gasteiger charge is 2.49. The third-order valence-corrected chi connectivity index (χ3v) is 5.80. The van der Waals surface area contributed by atoms with Crippen molar-refractivity contribution in [3.63, 3.8) is 0 Å². The zero-order chi connectivity index (χ0) is 16.0. The Morgan fingerprint density at radius 2 is 2.00 bits per heavy atom. The van der Waals surface area contributed by atoms with Gasteiger partial charge in [-0.25, -0.2) is 13.2 Å². The number of carboxylic acids is 1. The largest absolute Gasteiger partial charge is 0.477 e. The average Bonchev–Trinajstić information content (AvgIpc) is 2.79. The monoisotopic (exact) mass is 316 g/mol. The van der Waals surface area contributed by atoms with E-state index in [4.69, 9.17) is 5.11 Å². The highest BCUT2D eigenvalue weighted by Crippen LogP contribution is 2.33. The lowest BCUT2D eigenvalue weighted by molar-refractivity contribution is -0.0932. The number of carboxylic acid groups (broad SMARTS) is 1. The van der Waals surface area contributed by atoms with Gasteiger partial charge in [-0.2, -0.15) is 4.31 Å². The number of carbonyl (C=O) groups is 1. The molecule has 0 amide bonds.